The predicted molar refractivity (Wildman–Crippen MR) is 617 cm³/mol. The van der Waals surface area contributed by atoms with Crippen LogP contribution in [0.3, 0.4) is 0 Å². The summed E-state index contributed by atoms with van der Waals surface area (Å²) in [6, 6.07) is 184. The molecule has 0 fully saturated rings. The highest BCUT2D eigenvalue weighted by atomic mass is 79.9. The molecule has 4 aromatic heterocycles. The van der Waals surface area contributed by atoms with E-state index in [4.69, 9.17) is 4.42 Å². The third kappa shape index (κ3) is 20.4. The van der Waals surface area contributed by atoms with Crippen molar-refractivity contribution in [1.29, 1.82) is 0 Å². The van der Waals surface area contributed by atoms with Crippen LogP contribution >= 0.6 is 91.0 Å². The Morgan fingerprint density at radius 3 is 1.01 bits per heavy atom. The van der Waals surface area contributed by atoms with Gasteiger partial charge in [0.05, 0.1) is 40.0 Å². The van der Waals surface area contributed by atoms with Gasteiger partial charge in [-0.05, 0) is 284 Å². The second-order valence-corrected chi connectivity index (χ2v) is 39.3. The maximum absolute atomic E-state index is 5.99. The molecule has 0 saturated heterocycles. The molecular formula is C127H88Br5N7OS. The van der Waals surface area contributed by atoms with Crippen LogP contribution in [0.4, 0.5) is 85.3 Å². The number of benzene rings is 21. The minimum atomic E-state index is 0.906. The number of halogens is 5. The Labute approximate surface area is 865 Å². The van der Waals surface area contributed by atoms with Crippen LogP contribution in [-0.4, -0.2) is 9.55 Å². The lowest BCUT2D eigenvalue weighted by Gasteiger charge is -2.28. The fourth-order valence-corrected chi connectivity index (χ4v) is 20.6. The summed E-state index contributed by atoms with van der Waals surface area (Å²) in [7, 11) is 0. The van der Waals surface area contributed by atoms with Gasteiger partial charge in [0.2, 0.25) is 0 Å². The maximum Gasteiger partial charge on any atom is 0.135 e. The molecule has 8 nitrogen and oxygen atoms in total. The van der Waals surface area contributed by atoms with E-state index < -0.39 is 0 Å². The number of fused-ring (bicyclic) bond motifs is 11. The molecule has 21 aromatic carbocycles. The summed E-state index contributed by atoms with van der Waals surface area (Å²) in [5.41, 5.74) is 24.3. The Morgan fingerprint density at radius 1 is 0.206 bits per heavy atom. The standard InChI is InChI=1S/C30H21BrN2.C26H18BrN.C24H16BrNO.C24H16BrNS.C23H17BrN2/c31-22-15-17-25(18-16-22)32(23-9-3-1-4-10-23)26-19-20-28-27-13-7-8-14-29(27)33(30(28)21-26)24-11-5-2-6-12-24;27-21-15-17-22(18-16-21)28(25-13-5-9-19-7-1-3-11-23(19)25)26-14-6-10-20-8-2-4-12-24(20)26;2*25-17-10-12-19(13-11-17)26(18-6-2-1-3-7-18)20-14-15-24-22(16-20)21-8-4-5-9-23(21)27-24;24-19-11-13-21(14-12-19)26(20-9-5-2-6-10-20)22-15-16-23(25-17-22)18-7-3-1-4-8-18/h1-21H;1-18H;2*1-16H;1-17H. The van der Waals surface area contributed by atoms with Crippen LogP contribution in [0.2, 0.25) is 0 Å². The van der Waals surface area contributed by atoms with E-state index in [2.05, 4.69) is 581 Å². The third-order valence-electron chi connectivity index (χ3n) is 24.7. The van der Waals surface area contributed by atoms with Crippen LogP contribution in [-0.2, 0) is 0 Å². The highest BCUT2D eigenvalue weighted by Crippen LogP contribution is 2.48. The van der Waals surface area contributed by atoms with E-state index in [0.29, 0.717) is 0 Å². The zero-order chi connectivity index (χ0) is 95.3. The van der Waals surface area contributed by atoms with Crippen molar-refractivity contribution in [2.45, 2.75) is 0 Å². The van der Waals surface area contributed by atoms with Crippen LogP contribution in [0.15, 0.2) is 561 Å². The normalized spacial score (nSPS) is 11.0. The van der Waals surface area contributed by atoms with Crippen LogP contribution in [0.1, 0.15) is 0 Å². The van der Waals surface area contributed by atoms with E-state index in [1.165, 1.54) is 80.6 Å². The second-order valence-electron chi connectivity index (χ2n) is 33.6. The van der Waals surface area contributed by atoms with Gasteiger partial charge >= 0.3 is 0 Å². The molecule has 0 N–H and O–H groups in total. The molecule has 14 heteroatoms. The van der Waals surface area contributed by atoms with Crippen LogP contribution in [0.5, 0.6) is 0 Å². The highest BCUT2D eigenvalue weighted by molar-refractivity contribution is 9.11. The number of furan rings is 1. The summed E-state index contributed by atoms with van der Waals surface area (Å²) in [4.78, 5) is 16.1. The summed E-state index contributed by atoms with van der Waals surface area (Å²) in [6.45, 7) is 0. The minimum Gasteiger partial charge on any atom is -0.456 e. The highest BCUT2D eigenvalue weighted by Gasteiger charge is 2.24. The van der Waals surface area contributed by atoms with Gasteiger partial charge in [0.25, 0.3) is 0 Å². The van der Waals surface area contributed by atoms with Gasteiger partial charge < -0.3 is 33.5 Å². The van der Waals surface area contributed by atoms with Gasteiger partial charge in [-0.15, -0.1) is 11.3 Å². The van der Waals surface area contributed by atoms with Crippen LogP contribution in [0.25, 0.3) is 102 Å². The van der Waals surface area contributed by atoms with Gasteiger partial charge in [-0.2, -0.15) is 0 Å². The molecule has 0 unspecified atom stereocenters. The first-order valence-corrected chi connectivity index (χ1v) is 51.2. The van der Waals surface area contributed by atoms with E-state index in [1.54, 1.807) is 0 Å². The van der Waals surface area contributed by atoms with Gasteiger partial charge in [0, 0.05) is 154 Å². The number of para-hydroxylation sites is 7. The van der Waals surface area contributed by atoms with Crippen molar-refractivity contribution >= 4 is 262 Å². The van der Waals surface area contributed by atoms with Crippen molar-refractivity contribution in [3.63, 3.8) is 0 Å². The molecule has 0 atom stereocenters. The SMILES string of the molecule is Brc1ccc(N(c2cccc3ccccc23)c2cccc3ccccc23)cc1.Brc1ccc(N(c2ccccc2)c2ccc(-c3ccccc3)nc2)cc1.Brc1ccc(N(c2ccccc2)c2ccc3c4ccccc4n(-c4ccccc4)c3c2)cc1.Brc1ccc(N(c2ccccc2)c2ccc3oc4ccccc4c3c2)cc1.Brc1ccc(N(c2ccccc2)c2ccc3sc4ccccc4c3c2)cc1. The molecule has 0 amide bonds. The molecule has 678 valence electrons. The number of hydrogen-bond donors (Lipinski definition) is 0. The first-order chi connectivity index (χ1) is 69.5. The summed E-state index contributed by atoms with van der Waals surface area (Å²) >= 11 is 19.6. The fraction of sp³-hybridized carbons (Fsp3) is 0. The Kier molecular flexibility index (Phi) is 27.9. The molecule has 141 heavy (non-hydrogen) atoms. The topological polar surface area (TPSA) is 47.2 Å². The lowest BCUT2D eigenvalue weighted by atomic mass is 10.0. The fourth-order valence-electron chi connectivity index (χ4n) is 18.2. The Hall–Kier alpha value is -15.5. The van der Waals surface area contributed by atoms with E-state index >= 15 is 0 Å². The number of thiophene rings is 1. The van der Waals surface area contributed by atoms with Crippen molar-refractivity contribution < 1.29 is 4.42 Å². The van der Waals surface area contributed by atoms with Gasteiger partial charge in [-0.25, -0.2) is 0 Å². The molecule has 0 aliphatic carbocycles. The average Bonchev–Trinajstić information content (AvgIpc) is 1.54. The number of aromatic nitrogens is 2. The number of pyridine rings is 1. The van der Waals surface area contributed by atoms with E-state index in [9.17, 15) is 0 Å². The second kappa shape index (κ2) is 42.9. The Bertz CT molecular complexity index is 8300. The molecule has 0 aliphatic heterocycles. The first kappa shape index (κ1) is 91.9. The molecule has 0 radical (unpaired) electrons. The lowest BCUT2D eigenvalue weighted by molar-refractivity contribution is 0.669. The zero-order valence-corrected chi connectivity index (χ0v) is 84.9. The molecule has 25 rings (SSSR count). The summed E-state index contributed by atoms with van der Waals surface area (Å²) in [6.07, 6.45) is 1.93. The molecule has 0 spiro atoms. The van der Waals surface area contributed by atoms with Crippen molar-refractivity contribution in [2.24, 2.45) is 0 Å². The molecule has 25 aromatic rings. The van der Waals surface area contributed by atoms with Gasteiger partial charge in [0.15, 0.2) is 0 Å². The number of anilines is 15. The minimum absolute atomic E-state index is 0.906. The quantitative estimate of drug-likeness (QED) is 0.0900. The van der Waals surface area contributed by atoms with E-state index in [0.717, 1.165) is 129 Å². The number of nitrogens with zero attached hydrogens (tertiary/aromatic N) is 7. The molecule has 4 heterocycles. The van der Waals surface area contributed by atoms with Gasteiger partial charge in [-0.1, -0.05) is 334 Å². The molecule has 0 saturated carbocycles. The van der Waals surface area contributed by atoms with E-state index in [-0.39, 0.29) is 0 Å². The first-order valence-electron chi connectivity index (χ1n) is 46.4. The largest absolute Gasteiger partial charge is 0.456 e. The smallest absolute Gasteiger partial charge is 0.135 e. The van der Waals surface area contributed by atoms with Crippen LogP contribution < -0.4 is 24.5 Å². The lowest BCUT2D eigenvalue weighted by Crippen LogP contribution is -2.10. The Balaban J connectivity index is 0.000000105. The Morgan fingerprint density at radius 2 is 0.532 bits per heavy atom. The van der Waals surface area contributed by atoms with Crippen molar-refractivity contribution in [3.05, 3.63) is 556 Å². The molecular weight excluding hydrogens is 2070 g/mol. The van der Waals surface area contributed by atoms with Crippen molar-refractivity contribution in [1.82, 2.24) is 9.55 Å². The van der Waals surface area contributed by atoms with Crippen LogP contribution in [0, 0.1) is 0 Å². The van der Waals surface area contributed by atoms with Gasteiger partial charge in [-0.3, -0.25) is 4.98 Å². The van der Waals surface area contributed by atoms with E-state index in [1.807, 2.05) is 78.2 Å². The monoisotopic (exact) mass is 2150 g/mol. The predicted octanol–water partition coefficient (Wildman–Crippen LogP) is 40.3. The maximum atomic E-state index is 5.99. The number of rotatable bonds is 17. The summed E-state index contributed by atoms with van der Waals surface area (Å²) in [5.74, 6) is 0. The van der Waals surface area contributed by atoms with Crippen molar-refractivity contribution in [2.75, 3.05) is 24.5 Å². The summed E-state index contributed by atoms with van der Waals surface area (Å²) < 4.78 is 16.4. The van der Waals surface area contributed by atoms with Crippen molar-refractivity contribution in [3.8, 4) is 16.9 Å². The molecule has 0 aliphatic rings. The average molecular weight is 2160 g/mol. The third-order valence-corrected chi connectivity index (χ3v) is 28.5. The van der Waals surface area contributed by atoms with Gasteiger partial charge in [0.1, 0.15) is 11.2 Å². The number of hydrogen-bond acceptors (Lipinski definition) is 8. The molecule has 0 bridgehead atoms. The zero-order valence-electron chi connectivity index (χ0n) is 76.1. The summed E-state index contributed by atoms with van der Waals surface area (Å²) in [5, 5.41) is 12.4.